The number of carbonyl (C=O) groups excluding carboxylic acids is 3. The first-order valence-corrected chi connectivity index (χ1v) is 31.1. The Kier molecular flexibility index (Phi) is 52.9. The van der Waals surface area contributed by atoms with Crippen LogP contribution < -0.4 is 0 Å². The summed E-state index contributed by atoms with van der Waals surface area (Å²) in [5.41, 5.74) is 0. The lowest BCUT2D eigenvalue weighted by Crippen LogP contribution is -2.30. The van der Waals surface area contributed by atoms with Crippen molar-refractivity contribution in [2.45, 2.75) is 356 Å². The van der Waals surface area contributed by atoms with E-state index in [9.17, 15) is 14.4 Å². The number of rotatable bonds is 56. The van der Waals surface area contributed by atoms with Crippen molar-refractivity contribution in [3.63, 3.8) is 0 Å². The van der Waals surface area contributed by atoms with Gasteiger partial charge in [0.15, 0.2) is 6.10 Å². The lowest BCUT2D eigenvalue weighted by atomic mass is 9.99. The molecule has 0 saturated carbocycles. The molecule has 6 nitrogen and oxygen atoms in total. The van der Waals surface area contributed by atoms with Crippen LogP contribution >= 0.6 is 0 Å². The maximum atomic E-state index is 12.9. The average molecular weight is 976 g/mol. The lowest BCUT2D eigenvalue weighted by Gasteiger charge is -2.18. The van der Waals surface area contributed by atoms with Crippen molar-refractivity contribution >= 4 is 17.9 Å². The van der Waals surface area contributed by atoms with Crippen LogP contribution in [0.1, 0.15) is 350 Å². The minimum atomic E-state index is -0.764. The summed E-state index contributed by atoms with van der Waals surface area (Å²) in [4.78, 5) is 38.3. The molecule has 0 amide bonds. The normalized spacial score (nSPS) is 12.5. The fourth-order valence-corrected chi connectivity index (χ4v) is 9.67. The smallest absolute Gasteiger partial charge is 0.306 e. The summed E-state index contributed by atoms with van der Waals surface area (Å²) in [7, 11) is 0. The van der Waals surface area contributed by atoms with E-state index in [-0.39, 0.29) is 31.1 Å². The van der Waals surface area contributed by atoms with Gasteiger partial charge in [-0.15, -0.1) is 0 Å². The van der Waals surface area contributed by atoms with Crippen LogP contribution in [0, 0.1) is 17.8 Å². The highest BCUT2D eigenvalue weighted by atomic mass is 16.6. The van der Waals surface area contributed by atoms with Crippen LogP contribution in [0.25, 0.3) is 0 Å². The third kappa shape index (κ3) is 55.6. The number of carbonyl (C=O) groups is 3. The Bertz CT molecular complexity index is 1070. The van der Waals surface area contributed by atoms with Crippen LogP contribution in [-0.2, 0) is 28.6 Å². The molecule has 0 radical (unpaired) electrons. The molecule has 0 saturated heterocycles. The summed E-state index contributed by atoms with van der Waals surface area (Å²) in [5.74, 6) is 1.74. The Balaban J connectivity index is 4.30. The summed E-state index contributed by atoms with van der Waals surface area (Å²) >= 11 is 0. The first-order valence-electron chi connectivity index (χ1n) is 31.1. The van der Waals surface area contributed by atoms with E-state index in [1.807, 2.05) is 0 Å². The fraction of sp³-hybridized carbons (Fsp3) is 0.952. The molecule has 69 heavy (non-hydrogen) atoms. The van der Waals surface area contributed by atoms with E-state index < -0.39 is 6.10 Å². The first kappa shape index (κ1) is 67.4. The number of esters is 3. The van der Waals surface area contributed by atoms with Crippen LogP contribution in [0.4, 0.5) is 0 Å². The van der Waals surface area contributed by atoms with Crippen LogP contribution in [-0.4, -0.2) is 37.2 Å². The van der Waals surface area contributed by atoms with Crippen LogP contribution in [0.15, 0.2) is 0 Å². The monoisotopic (exact) mass is 975 g/mol. The predicted octanol–water partition coefficient (Wildman–Crippen LogP) is 20.7. The molecular formula is C63H122O6. The standard InChI is InChI=1S/C63H122O6/c1-7-59(6)51-45-39-33-27-21-14-11-12-15-22-28-34-40-46-52-61(64)67-55-60(56-68-62(65)53-47-41-35-29-23-18-17-20-26-32-38-44-50-58(4)5)69-63(66)54-48-42-36-30-24-16-10-8-9-13-19-25-31-37-43-49-57(2)3/h57-60H,7-56H2,1-6H3/t59?,60-/m0/s1. The molecule has 2 atom stereocenters. The topological polar surface area (TPSA) is 78.9 Å². The van der Waals surface area contributed by atoms with Gasteiger partial charge in [-0.25, -0.2) is 0 Å². The van der Waals surface area contributed by atoms with Crippen LogP contribution in [0.2, 0.25) is 0 Å². The molecule has 0 rings (SSSR count). The molecule has 0 aliphatic heterocycles. The van der Waals surface area contributed by atoms with E-state index in [1.165, 1.54) is 231 Å². The summed E-state index contributed by atoms with van der Waals surface area (Å²) in [6.07, 6.45) is 58.0. The van der Waals surface area contributed by atoms with Gasteiger partial charge in [-0.05, 0) is 37.0 Å². The molecule has 410 valence electrons. The minimum absolute atomic E-state index is 0.0628. The van der Waals surface area contributed by atoms with Gasteiger partial charge in [0.2, 0.25) is 0 Å². The Hall–Kier alpha value is -1.59. The van der Waals surface area contributed by atoms with Gasteiger partial charge in [-0.3, -0.25) is 14.4 Å². The van der Waals surface area contributed by atoms with Crippen molar-refractivity contribution in [2.24, 2.45) is 17.8 Å². The van der Waals surface area contributed by atoms with Gasteiger partial charge in [0.25, 0.3) is 0 Å². The Morgan fingerprint density at radius 3 is 0.754 bits per heavy atom. The van der Waals surface area contributed by atoms with Crippen molar-refractivity contribution < 1.29 is 28.6 Å². The van der Waals surface area contributed by atoms with Crippen molar-refractivity contribution in [3.8, 4) is 0 Å². The zero-order chi connectivity index (χ0) is 50.5. The number of hydrogen-bond donors (Lipinski definition) is 0. The molecule has 0 aromatic heterocycles. The van der Waals surface area contributed by atoms with Crippen LogP contribution in [0.5, 0.6) is 0 Å². The molecule has 0 spiro atoms. The third-order valence-corrected chi connectivity index (χ3v) is 14.8. The van der Waals surface area contributed by atoms with Crippen molar-refractivity contribution in [1.29, 1.82) is 0 Å². The molecule has 0 fully saturated rings. The van der Waals surface area contributed by atoms with Gasteiger partial charge in [0, 0.05) is 19.3 Å². The maximum absolute atomic E-state index is 12.9. The molecule has 0 aliphatic carbocycles. The first-order chi connectivity index (χ1) is 33.6. The summed E-state index contributed by atoms with van der Waals surface area (Å²) < 4.78 is 16.9. The SMILES string of the molecule is CCC(C)CCCCCCCCCCCCCCCCC(=O)OC[C@@H](COC(=O)CCCCCCCCCCCCCCC(C)C)OC(=O)CCCCCCCCCCCCCCCCCC(C)C. The Labute approximate surface area is 431 Å². The van der Waals surface area contributed by atoms with Gasteiger partial charge in [-0.1, -0.05) is 311 Å². The molecule has 0 heterocycles. The second-order valence-corrected chi connectivity index (χ2v) is 22.9. The number of unbranched alkanes of at least 4 members (excludes halogenated alkanes) is 38. The molecule has 0 bridgehead atoms. The second-order valence-electron chi connectivity index (χ2n) is 22.9. The van der Waals surface area contributed by atoms with Crippen molar-refractivity contribution in [3.05, 3.63) is 0 Å². The van der Waals surface area contributed by atoms with Crippen molar-refractivity contribution in [1.82, 2.24) is 0 Å². The van der Waals surface area contributed by atoms with E-state index in [1.54, 1.807) is 0 Å². The number of ether oxygens (including phenoxy) is 3. The van der Waals surface area contributed by atoms with Gasteiger partial charge in [0.05, 0.1) is 0 Å². The zero-order valence-electron chi connectivity index (χ0n) is 47.6. The highest BCUT2D eigenvalue weighted by Gasteiger charge is 2.19. The molecule has 0 aliphatic rings. The summed E-state index contributed by atoms with van der Waals surface area (Å²) in [6, 6.07) is 0. The Morgan fingerprint density at radius 1 is 0.290 bits per heavy atom. The fourth-order valence-electron chi connectivity index (χ4n) is 9.67. The van der Waals surface area contributed by atoms with E-state index in [0.29, 0.717) is 19.3 Å². The summed E-state index contributed by atoms with van der Waals surface area (Å²) in [5, 5.41) is 0. The summed E-state index contributed by atoms with van der Waals surface area (Å²) in [6.45, 7) is 13.8. The maximum Gasteiger partial charge on any atom is 0.306 e. The van der Waals surface area contributed by atoms with E-state index >= 15 is 0 Å². The Morgan fingerprint density at radius 2 is 0.507 bits per heavy atom. The van der Waals surface area contributed by atoms with Gasteiger partial charge < -0.3 is 14.2 Å². The molecule has 0 N–H and O–H groups in total. The largest absolute Gasteiger partial charge is 0.462 e. The highest BCUT2D eigenvalue weighted by Crippen LogP contribution is 2.19. The molecule has 0 aromatic carbocycles. The van der Waals surface area contributed by atoms with Crippen molar-refractivity contribution in [2.75, 3.05) is 13.2 Å². The van der Waals surface area contributed by atoms with Crippen LogP contribution in [0.3, 0.4) is 0 Å². The molecule has 6 heteroatoms. The van der Waals surface area contributed by atoms with E-state index in [2.05, 4.69) is 41.5 Å². The molecular weight excluding hydrogens is 853 g/mol. The van der Waals surface area contributed by atoms with E-state index in [4.69, 9.17) is 14.2 Å². The molecule has 1 unspecified atom stereocenters. The van der Waals surface area contributed by atoms with Gasteiger partial charge >= 0.3 is 17.9 Å². The second kappa shape index (κ2) is 54.2. The van der Waals surface area contributed by atoms with Gasteiger partial charge in [-0.2, -0.15) is 0 Å². The third-order valence-electron chi connectivity index (χ3n) is 14.8. The molecule has 0 aromatic rings. The minimum Gasteiger partial charge on any atom is -0.462 e. The van der Waals surface area contributed by atoms with E-state index in [0.717, 1.165) is 75.5 Å². The van der Waals surface area contributed by atoms with Gasteiger partial charge in [0.1, 0.15) is 13.2 Å². The highest BCUT2D eigenvalue weighted by molar-refractivity contribution is 5.71. The average Bonchev–Trinajstić information content (AvgIpc) is 3.32. The number of hydrogen-bond acceptors (Lipinski definition) is 6. The zero-order valence-corrected chi connectivity index (χ0v) is 47.6. The lowest BCUT2D eigenvalue weighted by molar-refractivity contribution is -0.167. The quantitative estimate of drug-likeness (QED) is 0.0343. The predicted molar refractivity (Wildman–Crippen MR) is 298 cm³/mol.